The fraction of sp³-hybridized carbons (Fsp3) is 0.219. The van der Waals surface area contributed by atoms with Gasteiger partial charge in [0.1, 0.15) is 28.6 Å². The molecule has 10 heteroatoms. The van der Waals surface area contributed by atoms with Crippen molar-refractivity contribution >= 4 is 34.1 Å². The van der Waals surface area contributed by atoms with Crippen LogP contribution >= 0.6 is 0 Å². The number of carbonyl (C=O) groups excluding carboxylic acids is 2. The fourth-order valence-electron chi connectivity index (χ4n) is 4.86. The van der Waals surface area contributed by atoms with Crippen molar-refractivity contribution in [3.8, 4) is 17.2 Å². The van der Waals surface area contributed by atoms with Gasteiger partial charge >= 0.3 is 0 Å². The van der Waals surface area contributed by atoms with Crippen molar-refractivity contribution in [2.75, 3.05) is 12.4 Å². The number of Topliss-reactive ketones (excluding diaryl/α,β-unsaturated/α-hetero) is 1. The first kappa shape index (κ1) is 28.4. The molecule has 1 aliphatic rings. The summed E-state index contributed by atoms with van der Waals surface area (Å²) in [7, 11) is 1.58. The number of ketones is 1. The van der Waals surface area contributed by atoms with Crippen LogP contribution in [0, 0.1) is 0 Å². The van der Waals surface area contributed by atoms with E-state index in [1.165, 1.54) is 35.9 Å². The average molecular weight is 569 g/mol. The molecule has 0 saturated heterocycles. The van der Waals surface area contributed by atoms with Gasteiger partial charge in [0.25, 0.3) is 11.5 Å². The highest BCUT2D eigenvalue weighted by atomic mass is 19.1. The fourth-order valence-corrected chi connectivity index (χ4v) is 4.86. The van der Waals surface area contributed by atoms with E-state index in [-0.39, 0.29) is 17.2 Å². The zero-order valence-electron chi connectivity index (χ0n) is 23.4. The maximum Gasteiger partial charge on any atom is 0.267 e. The summed E-state index contributed by atoms with van der Waals surface area (Å²) in [6, 6.07) is 11.7. The Balaban J connectivity index is 1.42. The second-order valence-corrected chi connectivity index (χ2v) is 9.73. The molecule has 9 nitrogen and oxygen atoms in total. The Morgan fingerprint density at radius 3 is 2.60 bits per heavy atom. The average Bonchev–Trinajstić information content (AvgIpc) is 2.99. The maximum absolute atomic E-state index is 13.6. The molecule has 5 rings (SSSR count). The summed E-state index contributed by atoms with van der Waals surface area (Å²) in [5.74, 6) is 0.576. The minimum atomic E-state index is -0.710. The van der Waals surface area contributed by atoms with Crippen molar-refractivity contribution in [2.45, 2.75) is 39.5 Å². The third-order valence-electron chi connectivity index (χ3n) is 6.94. The lowest BCUT2D eigenvalue weighted by molar-refractivity contribution is 0.0971. The Kier molecular flexibility index (Phi) is 8.24. The van der Waals surface area contributed by atoms with Gasteiger partial charge in [-0.25, -0.2) is 9.37 Å². The molecule has 1 N–H and O–H groups in total. The minimum absolute atomic E-state index is 0.145. The molecule has 3 aromatic heterocycles. The topological polar surface area (TPSA) is 112 Å². The third kappa shape index (κ3) is 5.83. The molecule has 0 fully saturated rings. The highest BCUT2D eigenvalue weighted by molar-refractivity contribution is 6.06. The Bertz CT molecular complexity index is 1800. The van der Waals surface area contributed by atoms with Crippen LogP contribution in [0.15, 0.2) is 77.6 Å². The van der Waals surface area contributed by atoms with Gasteiger partial charge in [-0.2, -0.15) is 0 Å². The minimum Gasteiger partial charge on any atom is -0.497 e. The summed E-state index contributed by atoms with van der Waals surface area (Å²) in [4.78, 5) is 48.3. The van der Waals surface area contributed by atoms with Crippen molar-refractivity contribution < 1.29 is 23.5 Å². The largest absolute Gasteiger partial charge is 0.497 e. The van der Waals surface area contributed by atoms with Crippen molar-refractivity contribution in [1.82, 2.24) is 14.5 Å². The molecular formula is C32H29FN4O5. The standard InChI is InChI=1S/C32H29FN4O5/c1-4-20(9-8-19(2)33)37-27-6-5-7-28(38)24(27)17-25(32(37)40)31(39)36-30-13-11-22(18-35-30)42-29-14-15-34-26-16-21(41-3)10-12-23(26)29/h8-18H,4-7H2,1-3H3,(H,35,36,39)/b19-8+,20-9+. The molecule has 0 spiro atoms. The van der Waals surface area contributed by atoms with Gasteiger partial charge in [0.2, 0.25) is 0 Å². The predicted molar refractivity (Wildman–Crippen MR) is 158 cm³/mol. The first-order valence-electron chi connectivity index (χ1n) is 13.5. The Morgan fingerprint density at radius 2 is 1.88 bits per heavy atom. The van der Waals surface area contributed by atoms with E-state index in [0.29, 0.717) is 65.4 Å². The van der Waals surface area contributed by atoms with E-state index in [4.69, 9.17) is 9.47 Å². The summed E-state index contributed by atoms with van der Waals surface area (Å²) in [5, 5.41) is 3.43. The van der Waals surface area contributed by atoms with Crippen molar-refractivity contribution in [3.05, 3.63) is 100 Å². The molecule has 0 radical (unpaired) electrons. The van der Waals surface area contributed by atoms with Crippen LogP contribution in [0.3, 0.4) is 0 Å². The van der Waals surface area contributed by atoms with Crippen molar-refractivity contribution in [2.24, 2.45) is 0 Å². The lowest BCUT2D eigenvalue weighted by atomic mass is 9.92. The Morgan fingerprint density at radius 1 is 1.07 bits per heavy atom. The first-order chi connectivity index (χ1) is 20.3. The SMILES string of the molecule is CC/C(=C\C=C(/C)F)n1c2c(cc(C(=O)Nc3ccc(Oc4ccnc5cc(OC)ccc45)cn3)c1=O)C(=O)CCC2. The van der Waals surface area contributed by atoms with E-state index < -0.39 is 17.3 Å². The Labute approximate surface area is 241 Å². The number of rotatable bonds is 8. The normalized spacial score (nSPS) is 13.6. The molecule has 3 heterocycles. The maximum atomic E-state index is 13.6. The number of aromatic nitrogens is 3. The number of hydrogen-bond donors (Lipinski definition) is 1. The smallest absolute Gasteiger partial charge is 0.267 e. The molecule has 0 atom stereocenters. The van der Waals surface area contributed by atoms with Crippen LogP contribution < -0.4 is 20.3 Å². The molecule has 1 amide bonds. The van der Waals surface area contributed by atoms with E-state index in [9.17, 15) is 18.8 Å². The molecule has 1 aromatic carbocycles. The zero-order chi connectivity index (χ0) is 29.8. The molecule has 4 aromatic rings. The number of methoxy groups -OCH3 is 1. The number of halogens is 1. The summed E-state index contributed by atoms with van der Waals surface area (Å²) in [6.07, 6.45) is 7.63. The summed E-state index contributed by atoms with van der Waals surface area (Å²) < 4.78 is 26.1. The van der Waals surface area contributed by atoms with Crippen LogP contribution in [0.5, 0.6) is 17.2 Å². The second kappa shape index (κ2) is 12.2. The third-order valence-corrected chi connectivity index (χ3v) is 6.94. The summed E-state index contributed by atoms with van der Waals surface area (Å²) in [6.45, 7) is 3.12. The molecule has 42 heavy (non-hydrogen) atoms. The quantitative estimate of drug-likeness (QED) is 0.242. The van der Waals surface area contributed by atoms with Crippen molar-refractivity contribution in [3.63, 3.8) is 0 Å². The number of pyridine rings is 3. The number of carbonyl (C=O) groups is 2. The van der Waals surface area contributed by atoms with Gasteiger partial charge in [-0.05, 0) is 74.7 Å². The number of anilines is 1. The van der Waals surface area contributed by atoms with Crippen LogP contribution in [-0.2, 0) is 6.42 Å². The molecule has 214 valence electrons. The van der Waals surface area contributed by atoms with Crippen LogP contribution in [0.25, 0.3) is 16.6 Å². The monoisotopic (exact) mass is 568 g/mol. The molecule has 0 bridgehead atoms. The van der Waals surface area contributed by atoms with E-state index >= 15 is 0 Å². The lowest BCUT2D eigenvalue weighted by Gasteiger charge is -2.22. The predicted octanol–water partition coefficient (Wildman–Crippen LogP) is 6.49. The van der Waals surface area contributed by atoms with Gasteiger partial charge in [0.15, 0.2) is 5.78 Å². The van der Waals surface area contributed by atoms with Gasteiger partial charge in [-0.3, -0.25) is 23.9 Å². The van der Waals surface area contributed by atoms with E-state index in [1.807, 2.05) is 19.1 Å². The number of fused-ring (bicyclic) bond motifs is 2. The lowest BCUT2D eigenvalue weighted by Crippen LogP contribution is -2.34. The van der Waals surface area contributed by atoms with E-state index in [2.05, 4.69) is 15.3 Å². The first-order valence-corrected chi connectivity index (χ1v) is 13.5. The number of hydrogen-bond acceptors (Lipinski definition) is 7. The van der Waals surface area contributed by atoms with Crippen molar-refractivity contribution in [1.29, 1.82) is 0 Å². The van der Waals surface area contributed by atoms with Gasteiger partial charge in [0, 0.05) is 41.0 Å². The van der Waals surface area contributed by atoms with Crippen LogP contribution in [0.2, 0.25) is 0 Å². The van der Waals surface area contributed by atoms with E-state index in [0.717, 1.165) is 5.39 Å². The molecule has 0 saturated carbocycles. The Hall–Kier alpha value is -5.12. The highest BCUT2D eigenvalue weighted by Crippen LogP contribution is 2.31. The van der Waals surface area contributed by atoms with Crippen LogP contribution in [-0.4, -0.2) is 33.3 Å². The van der Waals surface area contributed by atoms with Gasteiger partial charge in [0.05, 0.1) is 24.7 Å². The van der Waals surface area contributed by atoms with Gasteiger partial charge < -0.3 is 14.8 Å². The number of nitrogens with one attached hydrogen (secondary N) is 1. The van der Waals surface area contributed by atoms with Gasteiger partial charge in [-0.15, -0.1) is 0 Å². The number of benzene rings is 1. The van der Waals surface area contributed by atoms with E-state index in [1.54, 1.807) is 37.6 Å². The summed E-state index contributed by atoms with van der Waals surface area (Å²) >= 11 is 0. The zero-order valence-corrected chi connectivity index (χ0v) is 23.4. The number of allylic oxidation sites excluding steroid dienone is 4. The number of amides is 1. The van der Waals surface area contributed by atoms with Crippen LogP contribution in [0.1, 0.15) is 59.5 Å². The number of ether oxygens (including phenoxy) is 2. The van der Waals surface area contributed by atoms with Gasteiger partial charge in [-0.1, -0.05) is 6.92 Å². The van der Waals surface area contributed by atoms with Crippen LogP contribution in [0.4, 0.5) is 10.2 Å². The number of nitrogens with zero attached hydrogens (tertiary/aromatic N) is 3. The molecule has 1 aliphatic carbocycles. The molecular weight excluding hydrogens is 539 g/mol. The second-order valence-electron chi connectivity index (χ2n) is 9.73. The molecule has 0 unspecified atom stereocenters. The highest BCUT2D eigenvalue weighted by Gasteiger charge is 2.26. The molecule has 0 aliphatic heterocycles. The summed E-state index contributed by atoms with van der Waals surface area (Å²) in [5.41, 5.74) is 1.26.